The van der Waals surface area contributed by atoms with E-state index in [0.717, 1.165) is 12.8 Å². The molecule has 0 fully saturated rings. The molecule has 1 heterocycles. The van der Waals surface area contributed by atoms with Crippen LogP contribution in [0.5, 0.6) is 0 Å². The SMILES string of the molecule is CCCc1nc(Cl)cc(NC(CO)CO)n1. The molecule has 0 amide bonds. The minimum Gasteiger partial charge on any atom is -0.394 e. The molecule has 90 valence electrons. The molecular weight excluding hydrogens is 230 g/mol. The number of aryl methyl sites for hydroxylation is 1. The number of hydrogen-bond acceptors (Lipinski definition) is 5. The third-order valence-corrected chi connectivity index (χ3v) is 2.20. The van der Waals surface area contributed by atoms with Gasteiger partial charge in [-0.3, -0.25) is 0 Å². The molecule has 0 saturated heterocycles. The predicted molar refractivity (Wildman–Crippen MR) is 62.6 cm³/mol. The second-order valence-electron chi connectivity index (χ2n) is 3.45. The number of anilines is 1. The molecule has 0 bridgehead atoms. The van der Waals surface area contributed by atoms with Crippen molar-refractivity contribution in [2.75, 3.05) is 18.5 Å². The smallest absolute Gasteiger partial charge is 0.134 e. The molecule has 0 radical (unpaired) electrons. The highest BCUT2D eigenvalue weighted by Gasteiger charge is 2.08. The second-order valence-corrected chi connectivity index (χ2v) is 3.84. The van der Waals surface area contributed by atoms with Crippen molar-refractivity contribution in [2.45, 2.75) is 25.8 Å². The van der Waals surface area contributed by atoms with Crippen LogP contribution in [0.4, 0.5) is 5.82 Å². The van der Waals surface area contributed by atoms with Crippen LogP contribution in [0.1, 0.15) is 19.2 Å². The largest absolute Gasteiger partial charge is 0.394 e. The maximum Gasteiger partial charge on any atom is 0.134 e. The highest BCUT2D eigenvalue weighted by atomic mass is 35.5. The molecule has 16 heavy (non-hydrogen) atoms. The molecular formula is C10H16ClN3O2. The highest BCUT2D eigenvalue weighted by molar-refractivity contribution is 6.29. The minimum atomic E-state index is -0.430. The Bertz CT molecular complexity index is 332. The number of aliphatic hydroxyl groups is 2. The fourth-order valence-corrected chi connectivity index (χ4v) is 1.43. The summed E-state index contributed by atoms with van der Waals surface area (Å²) >= 11 is 5.84. The lowest BCUT2D eigenvalue weighted by atomic mass is 10.3. The Morgan fingerprint density at radius 2 is 2.06 bits per heavy atom. The summed E-state index contributed by atoms with van der Waals surface area (Å²) in [6.45, 7) is 1.70. The van der Waals surface area contributed by atoms with Gasteiger partial charge in [-0.2, -0.15) is 0 Å². The van der Waals surface area contributed by atoms with Crippen LogP contribution in [0.2, 0.25) is 5.15 Å². The average molecular weight is 246 g/mol. The van der Waals surface area contributed by atoms with E-state index in [4.69, 9.17) is 21.8 Å². The van der Waals surface area contributed by atoms with E-state index in [1.807, 2.05) is 6.92 Å². The van der Waals surface area contributed by atoms with E-state index in [9.17, 15) is 0 Å². The van der Waals surface area contributed by atoms with Crippen LogP contribution in [0.15, 0.2) is 6.07 Å². The number of nitrogens with one attached hydrogen (secondary N) is 1. The van der Waals surface area contributed by atoms with E-state index in [2.05, 4.69) is 15.3 Å². The lowest BCUT2D eigenvalue weighted by Crippen LogP contribution is -2.28. The van der Waals surface area contributed by atoms with Crippen LogP contribution in [-0.2, 0) is 6.42 Å². The van der Waals surface area contributed by atoms with Gasteiger partial charge in [0.25, 0.3) is 0 Å². The fourth-order valence-electron chi connectivity index (χ4n) is 1.23. The van der Waals surface area contributed by atoms with Crippen LogP contribution < -0.4 is 5.32 Å². The molecule has 0 spiro atoms. The first-order valence-electron chi connectivity index (χ1n) is 5.21. The van der Waals surface area contributed by atoms with Gasteiger partial charge in [-0.25, -0.2) is 9.97 Å². The van der Waals surface area contributed by atoms with Gasteiger partial charge < -0.3 is 15.5 Å². The number of halogens is 1. The Labute approximate surface area is 99.5 Å². The molecule has 0 aliphatic heterocycles. The number of rotatable bonds is 6. The average Bonchev–Trinajstić information content (AvgIpc) is 2.25. The Morgan fingerprint density at radius 1 is 1.38 bits per heavy atom. The molecule has 0 atom stereocenters. The standard InChI is InChI=1S/C10H16ClN3O2/c1-2-3-9-13-8(11)4-10(14-9)12-7(5-15)6-16/h4,7,15-16H,2-3,5-6H2,1H3,(H,12,13,14). The van der Waals surface area contributed by atoms with Crippen molar-refractivity contribution >= 4 is 17.4 Å². The first-order valence-corrected chi connectivity index (χ1v) is 5.59. The number of aliphatic hydroxyl groups excluding tert-OH is 2. The summed E-state index contributed by atoms with van der Waals surface area (Å²) < 4.78 is 0. The van der Waals surface area contributed by atoms with Crippen LogP contribution in [0, 0.1) is 0 Å². The number of hydrogen-bond donors (Lipinski definition) is 3. The van der Waals surface area contributed by atoms with Crippen molar-refractivity contribution < 1.29 is 10.2 Å². The van der Waals surface area contributed by atoms with Crippen molar-refractivity contribution in [1.82, 2.24) is 9.97 Å². The zero-order chi connectivity index (χ0) is 12.0. The van der Waals surface area contributed by atoms with Gasteiger partial charge in [-0.1, -0.05) is 18.5 Å². The molecule has 0 aliphatic carbocycles. The van der Waals surface area contributed by atoms with Crippen molar-refractivity contribution in [3.05, 3.63) is 17.0 Å². The van der Waals surface area contributed by atoms with E-state index >= 15 is 0 Å². The third-order valence-electron chi connectivity index (χ3n) is 2.01. The predicted octanol–water partition coefficient (Wildman–Crippen LogP) is 0.848. The number of nitrogens with zero attached hydrogens (tertiary/aromatic N) is 2. The highest BCUT2D eigenvalue weighted by Crippen LogP contribution is 2.13. The van der Waals surface area contributed by atoms with Crippen molar-refractivity contribution in [3.63, 3.8) is 0 Å². The van der Waals surface area contributed by atoms with Crippen LogP contribution in [0.3, 0.4) is 0 Å². The lowest BCUT2D eigenvalue weighted by molar-refractivity contribution is 0.203. The van der Waals surface area contributed by atoms with E-state index in [1.54, 1.807) is 6.07 Å². The van der Waals surface area contributed by atoms with Gasteiger partial charge in [-0.05, 0) is 6.42 Å². The van der Waals surface area contributed by atoms with E-state index in [-0.39, 0.29) is 13.2 Å². The molecule has 1 rings (SSSR count). The maximum absolute atomic E-state index is 8.93. The first-order chi connectivity index (χ1) is 7.69. The molecule has 5 nitrogen and oxygen atoms in total. The van der Waals surface area contributed by atoms with Crippen LogP contribution in [-0.4, -0.2) is 39.4 Å². The molecule has 6 heteroatoms. The second kappa shape index (κ2) is 6.62. The Balaban J connectivity index is 2.78. The molecule has 0 saturated carbocycles. The van der Waals surface area contributed by atoms with Gasteiger partial charge in [0.05, 0.1) is 19.3 Å². The third kappa shape index (κ3) is 3.92. The fraction of sp³-hybridized carbons (Fsp3) is 0.600. The van der Waals surface area contributed by atoms with E-state index in [0.29, 0.717) is 16.8 Å². The van der Waals surface area contributed by atoms with Gasteiger partial charge in [-0.15, -0.1) is 0 Å². The zero-order valence-corrected chi connectivity index (χ0v) is 9.91. The van der Waals surface area contributed by atoms with Crippen molar-refractivity contribution in [1.29, 1.82) is 0 Å². The summed E-state index contributed by atoms with van der Waals surface area (Å²) in [5.74, 6) is 1.18. The topological polar surface area (TPSA) is 78.3 Å². The van der Waals surface area contributed by atoms with Gasteiger partial charge in [0.1, 0.15) is 16.8 Å². The molecule has 1 aromatic heterocycles. The zero-order valence-electron chi connectivity index (χ0n) is 9.15. The Kier molecular flexibility index (Phi) is 5.45. The summed E-state index contributed by atoms with van der Waals surface area (Å²) in [6.07, 6.45) is 1.68. The normalized spacial score (nSPS) is 10.8. The van der Waals surface area contributed by atoms with Gasteiger partial charge in [0.2, 0.25) is 0 Å². The summed E-state index contributed by atoms with van der Waals surface area (Å²) in [6, 6.07) is 1.14. The van der Waals surface area contributed by atoms with E-state index in [1.165, 1.54) is 0 Å². The van der Waals surface area contributed by atoms with Gasteiger partial charge >= 0.3 is 0 Å². The van der Waals surface area contributed by atoms with E-state index < -0.39 is 6.04 Å². The summed E-state index contributed by atoms with van der Waals surface area (Å²) in [5, 5.41) is 21.1. The maximum atomic E-state index is 8.93. The molecule has 0 aliphatic rings. The lowest BCUT2D eigenvalue weighted by Gasteiger charge is -2.14. The summed E-state index contributed by atoms with van der Waals surface area (Å²) in [5.41, 5.74) is 0. The first kappa shape index (κ1) is 13.2. The summed E-state index contributed by atoms with van der Waals surface area (Å²) in [7, 11) is 0. The Morgan fingerprint density at radius 3 is 2.62 bits per heavy atom. The molecule has 0 aromatic carbocycles. The molecule has 0 unspecified atom stereocenters. The Hall–Kier alpha value is -0.910. The number of aromatic nitrogens is 2. The quantitative estimate of drug-likeness (QED) is 0.648. The van der Waals surface area contributed by atoms with Crippen LogP contribution >= 0.6 is 11.6 Å². The minimum absolute atomic E-state index is 0.165. The molecule has 3 N–H and O–H groups in total. The van der Waals surface area contributed by atoms with Crippen molar-refractivity contribution in [2.24, 2.45) is 0 Å². The monoisotopic (exact) mass is 245 g/mol. The van der Waals surface area contributed by atoms with Gasteiger partial charge in [0, 0.05) is 12.5 Å². The van der Waals surface area contributed by atoms with Crippen LogP contribution in [0.25, 0.3) is 0 Å². The van der Waals surface area contributed by atoms with Crippen molar-refractivity contribution in [3.8, 4) is 0 Å². The molecule has 1 aromatic rings. The summed E-state index contributed by atoms with van der Waals surface area (Å²) in [4.78, 5) is 8.30. The van der Waals surface area contributed by atoms with Gasteiger partial charge in [0.15, 0.2) is 0 Å².